The Bertz CT molecular complexity index is 426. The molecule has 1 aromatic carbocycles. The Morgan fingerprint density at radius 3 is 2.42 bits per heavy atom. The molecule has 19 heavy (non-hydrogen) atoms. The normalized spacial score (nSPS) is 17.9. The summed E-state index contributed by atoms with van der Waals surface area (Å²) in [5.74, 6) is -1.37. The van der Waals surface area contributed by atoms with Gasteiger partial charge in [-0.1, -0.05) is 12.1 Å². The third-order valence-electron chi connectivity index (χ3n) is 3.87. The number of rotatable bonds is 4. The number of halogens is 2. The fourth-order valence-electron chi connectivity index (χ4n) is 2.44. The lowest BCUT2D eigenvalue weighted by Gasteiger charge is -2.32. The van der Waals surface area contributed by atoms with Crippen molar-refractivity contribution in [2.45, 2.75) is 19.8 Å². The van der Waals surface area contributed by atoms with Crippen LogP contribution in [0.1, 0.15) is 17.5 Å². The number of benzene rings is 1. The summed E-state index contributed by atoms with van der Waals surface area (Å²) < 4.78 is 27.1. The molecule has 0 radical (unpaired) electrons. The molecule has 4 heteroatoms. The number of likely N-dealkylation sites (N-methyl/N-ethyl adjacent to an activating group) is 1. The summed E-state index contributed by atoms with van der Waals surface area (Å²) in [6, 6.07) is 3.36. The molecule has 0 aliphatic carbocycles. The van der Waals surface area contributed by atoms with E-state index in [-0.39, 0.29) is 0 Å². The van der Waals surface area contributed by atoms with Gasteiger partial charge in [-0.3, -0.25) is 0 Å². The van der Waals surface area contributed by atoms with Crippen molar-refractivity contribution >= 4 is 0 Å². The monoisotopic (exact) mass is 268 g/mol. The third-order valence-corrected chi connectivity index (χ3v) is 3.87. The molecule has 0 aromatic heterocycles. The highest BCUT2D eigenvalue weighted by molar-refractivity contribution is 5.25. The number of aryl methyl sites for hydroxylation is 2. The van der Waals surface area contributed by atoms with Gasteiger partial charge in [0.2, 0.25) is 0 Å². The van der Waals surface area contributed by atoms with Gasteiger partial charge in [-0.2, -0.15) is 0 Å². The highest BCUT2D eigenvalue weighted by atomic mass is 19.2. The lowest BCUT2D eigenvalue weighted by atomic mass is 10.1. The van der Waals surface area contributed by atoms with Crippen molar-refractivity contribution in [2.24, 2.45) is 0 Å². The molecule has 1 aliphatic rings. The molecule has 1 aliphatic heterocycles. The molecule has 2 nitrogen and oxygen atoms in total. The van der Waals surface area contributed by atoms with Crippen molar-refractivity contribution in [1.29, 1.82) is 0 Å². The minimum atomic E-state index is -0.697. The smallest absolute Gasteiger partial charge is 0.162 e. The van der Waals surface area contributed by atoms with Crippen LogP contribution < -0.4 is 0 Å². The second-order valence-electron chi connectivity index (χ2n) is 5.42. The van der Waals surface area contributed by atoms with E-state index in [0.29, 0.717) is 17.5 Å². The summed E-state index contributed by atoms with van der Waals surface area (Å²) in [7, 11) is 2.13. The SMILES string of the molecule is Cc1ccc(CCCN2CCN(C)CC2)c(F)c1F. The molecule has 0 unspecified atom stereocenters. The van der Waals surface area contributed by atoms with Crippen molar-refractivity contribution in [3.63, 3.8) is 0 Å². The molecular weight excluding hydrogens is 246 g/mol. The molecule has 2 rings (SSSR count). The van der Waals surface area contributed by atoms with E-state index < -0.39 is 11.6 Å². The van der Waals surface area contributed by atoms with Crippen LogP contribution in [-0.2, 0) is 6.42 Å². The Kier molecular flexibility index (Phi) is 4.88. The minimum Gasteiger partial charge on any atom is -0.304 e. The molecule has 0 amide bonds. The van der Waals surface area contributed by atoms with Crippen LogP contribution in [0.15, 0.2) is 12.1 Å². The number of hydrogen-bond acceptors (Lipinski definition) is 2. The lowest BCUT2D eigenvalue weighted by molar-refractivity contribution is 0.153. The largest absolute Gasteiger partial charge is 0.304 e. The first-order chi connectivity index (χ1) is 9.08. The van der Waals surface area contributed by atoms with E-state index in [9.17, 15) is 8.78 Å². The van der Waals surface area contributed by atoms with Crippen molar-refractivity contribution in [1.82, 2.24) is 9.80 Å². The topological polar surface area (TPSA) is 6.48 Å². The van der Waals surface area contributed by atoms with Gasteiger partial charge in [0.1, 0.15) is 0 Å². The van der Waals surface area contributed by atoms with Gasteiger partial charge in [0, 0.05) is 26.2 Å². The van der Waals surface area contributed by atoms with Gasteiger partial charge in [0.05, 0.1) is 0 Å². The predicted molar refractivity (Wildman–Crippen MR) is 73.4 cm³/mol. The first-order valence-electron chi connectivity index (χ1n) is 6.92. The molecule has 0 N–H and O–H groups in total. The molecule has 0 bridgehead atoms. The fraction of sp³-hybridized carbons (Fsp3) is 0.600. The van der Waals surface area contributed by atoms with E-state index in [0.717, 1.165) is 39.1 Å². The van der Waals surface area contributed by atoms with Crippen molar-refractivity contribution in [3.8, 4) is 0 Å². The Labute approximate surface area is 114 Å². The average Bonchev–Trinajstić information content (AvgIpc) is 2.41. The minimum absolute atomic E-state index is 0.375. The molecular formula is C15H22F2N2. The molecule has 1 fully saturated rings. The maximum atomic E-state index is 13.7. The first-order valence-corrected chi connectivity index (χ1v) is 6.92. The van der Waals surface area contributed by atoms with Gasteiger partial charge < -0.3 is 9.80 Å². The lowest BCUT2D eigenvalue weighted by Crippen LogP contribution is -2.44. The number of nitrogens with zero attached hydrogens (tertiary/aromatic N) is 2. The van der Waals surface area contributed by atoms with Crippen LogP contribution in [-0.4, -0.2) is 49.6 Å². The standard InChI is InChI=1S/C15H22F2N2/c1-12-5-6-13(15(17)14(12)16)4-3-7-19-10-8-18(2)9-11-19/h5-6H,3-4,7-11H2,1-2H3. The van der Waals surface area contributed by atoms with Gasteiger partial charge in [-0.05, 0) is 44.5 Å². The molecule has 0 saturated carbocycles. The van der Waals surface area contributed by atoms with Gasteiger partial charge in [-0.25, -0.2) is 8.78 Å². The molecule has 0 spiro atoms. The Morgan fingerprint density at radius 2 is 1.74 bits per heavy atom. The molecule has 1 saturated heterocycles. The van der Waals surface area contributed by atoms with E-state index in [1.54, 1.807) is 19.1 Å². The quantitative estimate of drug-likeness (QED) is 0.827. The third kappa shape index (κ3) is 3.74. The number of hydrogen-bond donors (Lipinski definition) is 0. The van der Waals surface area contributed by atoms with Crippen molar-refractivity contribution in [2.75, 3.05) is 39.8 Å². The summed E-state index contributed by atoms with van der Waals surface area (Å²) in [6.07, 6.45) is 1.48. The average molecular weight is 268 g/mol. The summed E-state index contributed by atoms with van der Waals surface area (Å²) in [5.41, 5.74) is 0.873. The van der Waals surface area contributed by atoms with Crippen LogP contribution in [0.25, 0.3) is 0 Å². The van der Waals surface area contributed by atoms with E-state index >= 15 is 0 Å². The zero-order chi connectivity index (χ0) is 13.8. The summed E-state index contributed by atoms with van der Waals surface area (Å²) in [6.45, 7) is 6.87. The van der Waals surface area contributed by atoms with Gasteiger partial charge >= 0.3 is 0 Å². The maximum absolute atomic E-state index is 13.7. The maximum Gasteiger partial charge on any atom is 0.162 e. The van der Waals surface area contributed by atoms with Crippen LogP contribution in [0, 0.1) is 18.6 Å². The van der Waals surface area contributed by atoms with Gasteiger partial charge in [0.25, 0.3) is 0 Å². The second kappa shape index (κ2) is 6.44. The van der Waals surface area contributed by atoms with Crippen LogP contribution in [0.4, 0.5) is 8.78 Å². The van der Waals surface area contributed by atoms with Crippen LogP contribution >= 0.6 is 0 Å². The van der Waals surface area contributed by atoms with Gasteiger partial charge in [0.15, 0.2) is 11.6 Å². The Hall–Kier alpha value is -1.00. The summed E-state index contributed by atoms with van der Waals surface area (Å²) >= 11 is 0. The number of piperazine rings is 1. The van der Waals surface area contributed by atoms with Gasteiger partial charge in [-0.15, -0.1) is 0 Å². The zero-order valence-electron chi connectivity index (χ0n) is 11.8. The highest BCUT2D eigenvalue weighted by Gasteiger charge is 2.14. The zero-order valence-corrected chi connectivity index (χ0v) is 11.8. The van der Waals surface area contributed by atoms with Crippen molar-refractivity contribution in [3.05, 3.63) is 34.9 Å². The molecule has 1 aromatic rings. The van der Waals surface area contributed by atoms with Crippen molar-refractivity contribution < 1.29 is 8.78 Å². The Morgan fingerprint density at radius 1 is 1.05 bits per heavy atom. The van der Waals surface area contributed by atoms with Crippen LogP contribution in [0.2, 0.25) is 0 Å². The molecule has 1 heterocycles. The summed E-state index contributed by atoms with van der Waals surface area (Å²) in [4.78, 5) is 4.70. The summed E-state index contributed by atoms with van der Waals surface area (Å²) in [5, 5.41) is 0. The molecule has 0 atom stereocenters. The Balaban J connectivity index is 1.81. The van der Waals surface area contributed by atoms with E-state index in [1.165, 1.54) is 0 Å². The predicted octanol–water partition coefficient (Wildman–Crippen LogP) is 2.45. The fourth-order valence-corrected chi connectivity index (χ4v) is 2.44. The van der Waals surface area contributed by atoms with Crippen LogP contribution in [0.3, 0.4) is 0 Å². The molecule has 106 valence electrons. The van der Waals surface area contributed by atoms with E-state index in [4.69, 9.17) is 0 Å². The highest BCUT2D eigenvalue weighted by Crippen LogP contribution is 2.17. The van der Waals surface area contributed by atoms with E-state index in [1.807, 2.05) is 0 Å². The van der Waals surface area contributed by atoms with E-state index in [2.05, 4.69) is 16.8 Å². The first kappa shape index (κ1) is 14.4. The van der Waals surface area contributed by atoms with Crippen LogP contribution in [0.5, 0.6) is 0 Å². The second-order valence-corrected chi connectivity index (χ2v) is 5.42.